The third-order valence-electron chi connectivity index (χ3n) is 2.84. The van der Waals surface area contributed by atoms with Gasteiger partial charge < -0.3 is 5.32 Å². The van der Waals surface area contributed by atoms with Crippen LogP contribution in [0.5, 0.6) is 0 Å². The number of nitrogens with zero attached hydrogens (tertiary/aromatic N) is 2. The largest absolute Gasteiger partial charge is 0.378 e. The summed E-state index contributed by atoms with van der Waals surface area (Å²) in [7, 11) is 0. The van der Waals surface area contributed by atoms with E-state index >= 15 is 0 Å². The first kappa shape index (κ1) is 13.5. The Morgan fingerprint density at radius 3 is 2.42 bits per heavy atom. The second-order valence-electron chi connectivity index (χ2n) is 4.25. The third-order valence-corrected chi connectivity index (χ3v) is 2.84. The zero-order chi connectivity index (χ0) is 14.0. The van der Waals surface area contributed by atoms with E-state index in [0.717, 1.165) is 24.2 Å². The van der Waals surface area contributed by atoms with Crippen LogP contribution < -0.4 is 5.32 Å². The van der Waals surface area contributed by atoms with E-state index in [0.29, 0.717) is 0 Å². The summed E-state index contributed by atoms with van der Waals surface area (Å²) in [5, 5.41) is 7.02. The van der Waals surface area contributed by atoms with E-state index in [4.69, 9.17) is 0 Å². The summed E-state index contributed by atoms with van der Waals surface area (Å²) >= 11 is 0. The number of aryl methyl sites for hydroxylation is 1. The number of hydrogen-bond acceptors (Lipinski definition) is 2. The maximum atomic E-state index is 13.1. The molecule has 0 saturated carbocycles. The van der Waals surface area contributed by atoms with E-state index in [1.807, 2.05) is 20.0 Å². The standard InChI is InChI=1S/C13H14F3N3/c1-3-19-7-9(6-17-19)8(2)18-10-4-11(14)13(16)12(15)5-10/h4-8,18H,3H2,1-2H3. The molecule has 0 saturated heterocycles. The van der Waals surface area contributed by atoms with Crippen molar-refractivity contribution in [1.29, 1.82) is 0 Å². The average Bonchev–Trinajstić information content (AvgIpc) is 2.84. The summed E-state index contributed by atoms with van der Waals surface area (Å²) in [6, 6.07) is 1.67. The van der Waals surface area contributed by atoms with Crippen molar-refractivity contribution in [3.8, 4) is 0 Å². The quantitative estimate of drug-likeness (QED) is 0.861. The zero-order valence-electron chi connectivity index (χ0n) is 10.6. The van der Waals surface area contributed by atoms with E-state index < -0.39 is 17.5 Å². The number of anilines is 1. The Hall–Kier alpha value is -1.98. The molecule has 0 aliphatic carbocycles. The van der Waals surface area contributed by atoms with Gasteiger partial charge in [0.25, 0.3) is 0 Å². The smallest absolute Gasteiger partial charge is 0.194 e. The Morgan fingerprint density at radius 1 is 1.26 bits per heavy atom. The van der Waals surface area contributed by atoms with Gasteiger partial charge in [0.15, 0.2) is 17.5 Å². The lowest BCUT2D eigenvalue weighted by molar-refractivity contribution is 0.447. The molecule has 0 bridgehead atoms. The van der Waals surface area contributed by atoms with Crippen LogP contribution in [-0.4, -0.2) is 9.78 Å². The molecule has 102 valence electrons. The van der Waals surface area contributed by atoms with Crippen LogP contribution in [0.2, 0.25) is 0 Å². The molecule has 19 heavy (non-hydrogen) atoms. The molecule has 6 heteroatoms. The van der Waals surface area contributed by atoms with Gasteiger partial charge in [-0.1, -0.05) is 0 Å². The van der Waals surface area contributed by atoms with Crippen molar-refractivity contribution in [1.82, 2.24) is 9.78 Å². The van der Waals surface area contributed by atoms with Gasteiger partial charge in [-0.15, -0.1) is 0 Å². The summed E-state index contributed by atoms with van der Waals surface area (Å²) in [6.07, 6.45) is 3.52. The van der Waals surface area contributed by atoms with Gasteiger partial charge in [0.1, 0.15) is 0 Å². The molecule has 0 fully saturated rings. The second kappa shape index (κ2) is 5.34. The Bertz CT molecular complexity index is 557. The summed E-state index contributed by atoms with van der Waals surface area (Å²) in [5.74, 6) is -3.88. The molecule has 1 N–H and O–H groups in total. The van der Waals surface area contributed by atoms with Gasteiger partial charge in [-0.25, -0.2) is 13.2 Å². The monoisotopic (exact) mass is 269 g/mol. The van der Waals surface area contributed by atoms with Gasteiger partial charge in [-0.05, 0) is 13.8 Å². The summed E-state index contributed by atoms with van der Waals surface area (Å²) in [5.41, 5.74) is 1.07. The summed E-state index contributed by atoms with van der Waals surface area (Å²) in [6.45, 7) is 4.53. The van der Waals surface area contributed by atoms with Crippen molar-refractivity contribution >= 4 is 5.69 Å². The molecule has 0 aliphatic heterocycles. The lowest BCUT2D eigenvalue weighted by Gasteiger charge is -2.14. The van der Waals surface area contributed by atoms with E-state index in [-0.39, 0.29) is 11.7 Å². The topological polar surface area (TPSA) is 29.9 Å². The number of rotatable bonds is 4. The Morgan fingerprint density at radius 2 is 1.89 bits per heavy atom. The van der Waals surface area contributed by atoms with Gasteiger partial charge in [0.05, 0.1) is 12.2 Å². The Balaban J connectivity index is 2.16. The fourth-order valence-electron chi connectivity index (χ4n) is 1.75. The molecule has 1 atom stereocenters. The highest BCUT2D eigenvalue weighted by atomic mass is 19.2. The zero-order valence-corrected chi connectivity index (χ0v) is 10.6. The van der Waals surface area contributed by atoms with E-state index in [9.17, 15) is 13.2 Å². The molecular formula is C13H14F3N3. The SMILES string of the molecule is CCn1cc(C(C)Nc2cc(F)c(F)c(F)c2)cn1. The van der Waals surface area contributed by atoms with E-state index in [1.165, 1.54) is 0 Å². The first-order chi connectivity index (χ1) is 9.01. The van der Waals surface area contributed by atoms with Crippen molar-refractivity contribution in [3.05, 3.63) is 47.5 Å². The third kappa shape index (κ3) is 2.89. The molecule has 3 nitrogen and oxygen atoms in total. The van der Waals surface area contributed by atoms with Crippen LogP contribution in [0.15, 0.2) is 24.5 Å². The number of benzene rings is 1. The van der Waals surface area contributed by atoms with Crippen molar-refractivity contribution < 1.29 is 13.2 Å². The minimum atomic E-state index is -1.46. The normalized spacial score (nSPS) is 12.5. The molecule has 1 aromatic carbocycles. The predicted molar refractivity (Wildman–Crippen MR) is 66.3 cm³/mol. The first-order valence-electron chi connectivity index (χ1n) is 5.94. The number of aromatic nitrogens is 2. The van der Waals surface area contributed by atoms with Gasteiger partial charge in [-0.2, -0.15) is 5.10 Å². The van der Waals surface area contributed by atoms with Crippen LogP contribution >= 0.6 is 0 Å². The fourth-order valence-corrected chi connectivity index (χ4v) is 1.75. The lowest BCUT2D eigenvalue weighted by atomic mass is 10.1. The van der Waals surface area contributed by atoms with Gasteiger partial charge >= 0.3 is 0 Å². The molecule has 2 rings (SSSR count). The van der Waals surface area contributed by atoms with Gasteiger partial charge in [0.2, 0.25) is 0 Å². The molecular weight excluding hydrogens is 255 g/mol. The maximum Gasteiger partial charge on any atom is 0.194 e. The van der Waals surface area contributed by atoms with Crippen LogP contribution in [-0.2, 0) is 6.54 Å². The van der Waals surface area contributed by atoms with Crippen LogP contribution in [0.3, 0.4) is 0 Å². The van der Waals surface area contributed by atoms with Crippen LogP contribution in [0.1, 0.15) is 25.5 Å². The minimum absolute atomic E-state index is 0.188. The van der Waals surface area contributed by atoms with E-state index in [1.54, 1.807) is 10.9 Å². The fraction of sp³-hybridized carbons (Fsp3) is 0.308. The van der Waals surface area contributed by atoms with Crippen molar-refractivity contribution in [2.45, 2.75) is 26.4 Å². The van der Waals surface area contributed by atoms with Crippen molar-refractivity contribution in [2.24, 2.45) is 0 Å². The maximum absolute atomic E-state index is 13.1. The molecule has 0 spiro atoms. The molecule has 0 aliphatic rings. The Labute approximate surface area is 109 Å². The minimum Gasteiger partial charge on any atom is -0.378 e. The van der Waals surface area contributed by atoms with Crippen LogP contribution in [0, 0.1) is 17.5 Å². The van der Waals surface area contributed by atoms with Crippen LogP contribution in [0.4, 0.5) is 18.9 Å². The highest BCUT2D eigenvalue weighted by Crippen LogP contribution is 2.22. The first-order valence-corrected chi connectivity index (χ1v) is 5.94. The lowest BCUT2D eigenvalue weighted by Crippen LogP contribution is -2.07. The van der Waals surface area contributed by atoms with Gasteiger partial charge in [0, 0.05) is 36.1 Å². The highest BCUT2D eigenvalue weighted by molar-refractivity contribution is 5.46. The molecule has 1 unspecified atom stereocenters. The molecule has 2 aromatic rings. The highest BCUT2D eigenvalue weighted by Gasteiger charge is 2.13. The number of hydrogen-bond donors (Lipinski definition) is 1. The Kier molecular flexibility index (Phi) is 3.78. The van der Waals surface area contributed by atoms with E-state index in [2.05, 4.69) is 10.4 Å². The average molecular weight is 269 g/mol. The summed E-state index contributed by atoms with van der Waals surface area (Å²) < 4.78 is 40.7. The molecule has 0 radical (unpaired) electrons. The molecule has 0 amide bonds. The summed E-state index contributed by atoms with van der Waals surface area (Å²) in [4.78, 5) is 0. The molecule has 1 aromatic heterocycles. The second-order valence-corrected chi connectivity index (χ2v) is 4.25. The number of halogens is 3. The van der Waals surface area contributed by atoms with Crippen LogP contribution in [0.25, 0.3) is 0 Å². The van der Waals surface area contributed by atoms with Crippen molar-refractivity contribution in [2.75, 3.05) is 5.32 Å². The predicted octanol–water partition coefficient (Wildman–Crippen LogP) is 3.49. The van der Waals surface area contributed by atoms with Gasteiger partial charge in [-0.3, -0.25) is 4.68 Å². The van der Waals surface area contributed by atoms with Crippen molar-refractivity contribution in [3.63, 3.8) is 0 Å². The molecule has 1 heterocycles. The number of nitrogens with one attached hydrogen (secondary N) is 1.